The van der Waals surface area contributed by atoms with Gasteiger partial charge in [0.15, 0.2) is 0 Å². The van der Waals surface area contributed by atoms with Gasteiger partial charge in [-0.1, -0.05) is 6.92 Å². The Kier molecular flexibility index (Phi) is 8.02. The average molecular weight is 556 g/mol. The first-order valence-electron chi connectivity index (χ1n) is 13.8. The minimum absolute atomic E-state index is 0.0595. The number of aliphatic hydroxyl groups is 1. The van der Waals surface area contributed by atoms with Crippen molar-refractivity contribution >= 4 is 22.8 Å². The summed E-state index contributed by atoms with van der Waals surface area (Å²) in [5, 5.41) is 15.5. The number of fused-ring (bicyclic) bond motifs is 1. The van der Waals surface area contributed by atoms with E-state index in [4.69, 9.17) is 4.74 Å². The van der Waals surface area contributed by atoms with Crippen molar-refractivity contribution in [1.82, 2.24) is 25.6 Å². The van der Waals surface area contributed by atoms with Crippen LogP contribution in [0, 0.1) is 18.8 Å². The lowest BCUT2D eigenvalue weighted by molar-refractivity contribution is -0.129. The van der Waals surface area contributed by atoms with E-state index in [9.17, 15) is 23.5 Å². The number of nitrogens with one attached hydrogen (secondary N) is 3. The van der Waals surface area contributed by atoms with E-state index in [1.54, 1.807) is 13.0 Å². The van der Waals surface area contributed by atoms with Gasteiger partial charge in [-0.15, -0.1) is 0 Å². The number of carbonyl (C=O) groups excluding carboxylic acids is 2. The van der Waals surface area contributed by atoms with E-state index in [-0.39, 0.29) is 29.5 Å². The van der Waals surface area contributed by atoms with Gasteiger partial charge in [-0.25, -0.2) is 18.7 Å². The molecule has 3 unspecified atom stereocenters. The van der Waals surface area contributed by atoms with E-state index in [2.05, 4.69) is 25.6 Å². The van der Waals surface area contributed by atoms with Crippen LogP contribution in [0.5, 0.6) is 5.75 Å². The molecule has 40 heavy (non-hydrogen) atoms. The lowest BCUT2D eigenvalue weighted by atomic mass is 9.82. The third kappa shape index (κ3) is 5.94. The molecule has 9 nitrogen and oxygen atoms in total. The molecule has 11 heteroatoms. The van der Waals surface area contributed by atoms with Crippen molar-refractivity contribution in [2.75, 3.05) is 6.61 Å². The van der Waals surface area contributed by atoms with Gasteiger partial charge < -0.3 is 25.5 Å². The van der Waals surface area contributed by atoms with Crippen molar-refractivity contribution in [3.63, 3.8) is 0 Å². The van der Waals surface area contributed by atoms with Crippen LogP contribution in [0.15, 0.2) is 24.5 Å². The number of carbonyl (C=O) groups is 2. The summed E-state index contributed by atoms with van der Waals surface area (Å²) >= 11 is 0. The smallest absolute Gasteiger partial charge is 0.263 e. The summed E-state index contributed by atoms with van der Waals surface area (Å²) in [5.41, 5.74) is 2.52. The van der Waals surface area contributed by atoms with Gasteiger partial charge in [0.25, 0.3) is 12.3 Å². The molecule has 1 aromatic carbocycles. The maximum absolute atomic E-state index is 13.6. The molecule has 2 fully saturated rings. The highest BCUT2D eigenvalue weighted by atomic mass is 19.3. The number of aryl methyl sites for hydroxylation is 1. The molecule has 2 aromatic heterocycles. The van der Waals surface area contributed by atoms with Crippen LogP contribution in [0.1, 0.15) is 74.0 Å². The van der Waals surface area contributed by atoms with Crippen molar-refractivity contribution in [1.29, 1.82) is 0 Å². The number of benzene rings is 1. The first-order valence-corrected chi connectivity index (χ1v) is 13.8. The number of ether oxygens (including phenoxy) is 1. The van der Waals surface area contributed by atoms with Crippen LogP contribution in [0.3, 0.4) is 0 Å². The zero-order chi connectivity index (χ0) is 28.6. The number of aliphatic hydroxyl groups excluding tert-OH is 1. The van der Waals surface area contributed by atoms with Crippen LogP contribution < -0.4 is 15.4 Å². The number of alkyl halides is 2. The lowest BCUT2D eigenvalue weighted by Crippen LogP contribution is -2.49. The van der Waals surface area contributed by atoms with Crippen LogP contribution in [0.4, 0.5) is 8.78 Å². The Bertz CT molecular complexity index is 1400. The Balaban J connectivity index is 1.40. The molecule has 214 valence electrons. The summed E-state index contributed by atoms with van der Waals surface area (Å²) in [4.78, 5) is 37.4. The molecular weight excluding hydrogens is 520 g/mol. The Hall–Kier alpha value is -3.60. The normalized spacial score (nSPS) is 21.8. The number of aromatic amines is 1. The third-order valence-corrected chi connectivity index (χ3v) is 7.89. The van der Waals surface area contributed by atoms with Crippen LogP contribution in [0.2, 0.25) is 0 Å². The molecule has 4 N–H and O–H groups in total. The predicted octanol–water partition coefficient (Wildman–Crippen LogP) is 4.44. The van der Waals surface area contributed by atoms with E-state index in [1.165, 1.54) is 25.4 Å². The number of rotatable bonds is 9. The number of hydrogen-bond acceptors (Lipinski definition) is 6. The first-order chi connectivity index (χ1) is 19.1. The molecule has 0 bridgehead atoms. The molecule has 5 rings (SSSR count). The highest BCUT2D eigenvalue weighted by Gasteiger charge is 2.32. The summed E-state index contributed by atoms with van der Waals surface area (Å²) in [7, 11) is 0. The van der Waals surface area contributed by atoms with Crippen LogP contribution in [-0.4, -0.2) is 56.7 Å². The average Bonchev–Trinajstić information content (AvgIpc) is 3.68. The first kappa shape index (κ1) is 27.9. The Morgan fingerprint density at radius 2 is 1.95 bits per heavy atom. The summed E-state index contributed by atoms with van der Waals surface area (Å²) in [6.07, 6.45) is 1.81. The molecule has 0 saturated heterocycles. The number of amides is 2. The van der Waals surface area contributed by atoms with Gasteiger partial charge in [-0.3, -0.25) is 9.59 Å². The minimum atomic E-state index is -2.65. The molecule has 0 aliphatic heterocycles. The summed E-state index contributed by atoms with van der Waals surface area (Å²) in [6, 6.07) is 4.14. The summed E-state index contributed by atoms with van der Waals surface area (Å²) in [5.74, 6) is 0.342. The van der Waals surface area contributed by atoms with Crippen molar-refractivity contribution in [2.45, 2.75) is 77.5 Å². The van der Waals surface area contributed by atoms with Crippen LogP contribution in [-0.2, 0) is 4.79 Å². The van der Waals surface area contributed by atoms with Crippen LogP contribution >= 0.6 is 0 Å². The van der Waals surface area contributed by atoms with Gasteiger partial charge in [0, 0.05) is 28.9 Å². The van der Waals surface area contributed by atoms with E-state index in [0.29, 0.717) is 71.1 Å². The fraction of sp³-hybridized carbons (Fsp3) is 0.517. The molecule has 3 aromatic rings. The molecule has 2 amide bonds. The maximum Gasteiger partial charge on any atom is 0.263 e. The second kappa shape index (κ2) is 11.5. The second-order valence-corrected chi connectivity index (χ2v) is 11.1. The number of H-pyrrole nitrogens is 1. The Morgan fingerprint density at radius 1 is 1.18 bits per heavy atom. The highest BCUT2D eigenvalue weighted by Crippen LogP contribution is 2.38. The SMILES string of the molecule is Cc1[nH]c2c(-c3cc(C(F)F)ccc3OCC3CC3)ncnc2c1C(=O)NC1CCC(NC(=O)[C@H](C)O)CC1C. The summed E-state index contributed by atoms with van der Waals surface area (Å²) in [6.45, 7) is 5.73. The Morgan fingerprint density at radius 3 is 2.62 bits per heavy atom. The number of aromatic nitrogens is 3. The third-order valence-electron chi connectivity index (χ3n) is 7.89. The number of hydrogen-bond donors (Lipinski definition) is 4. The van der Waals surface area contributed by atoms with Gasteiger partial charge in [-0.2, -0.15) is 0 Å². The molecule has 0 radical (unpaired) electrons. The molecule has 2 aliphatic carbocycles. The van der Waals surface area contributed by atoms with E-state index in [0.717, 1.165) is 12.8 Å². The topological polar surface area (TPSA) is 129 Å². The predicted molar refractivity (Wildman–Crippen MR) is 145 cm³/mol. The zero-order valence-electron chi connectivity index (χ0n) is 22.8. The van der Waals surface area contributed by atoms with Gasteiger partial charge in [-0.05, 0) is 76.0 Å². The largest absolute Gasteiger partial charge is 0.493 e. The van der Waals surface area contributed by atoms with Gasteiger partial charge in [0.05, 0.1) is 17.7 Å². The van der Waals surface area contributed by atoms with Crippen molar-refractivity contribution in [2.24, 2.45) is 11.8 Å². The van der Waals surface area contributed by atoms with Gasteiger partial charge in [0.1, 0.15) is 29.4 Å². The van der Waals surface area contributed by atoms with Crippen molar-refractivity contribution in [3.05, 3.63) is 41.3 Å². The van der Waals surface area contributed by atoms with Gasteiger partial charge >= 0.3 is 0 Å². The standard InChI is InChI=1S/C29H35F2N5O4/c1-14-10-19(35-28(38)16(3)37)7-8-21(14)36-29(39)23-15(2)34-26-24(32-13-33-25(23)26)20-11-18(27(30)31)6-9-22(20)40-12-17-4-5-17/h6,9,11,13-14,16-17,19,21,27,34,37H,4-5,7-8,10,12H2,1-3H3,(H,35,38)(H,36,39)/t14?,16-,19?,21?/m0/s1. The second-order valence-electron chi connectivity index (χ2n) is 11.1. The maximum atomic E-state index is 13.6. The zero-order valence-corrected chi connectivity index (χ0v) is 22.8. The van der Waals surface area contributed by atoms with E-state index < -0.39 is 18.4 Å². The molecule has 2 heterocycles. The molecular formula is C29H35F2N5O4. The highest BCUT2D eigenvalue weighted by molar-refractivity contribution is 6.09. The molecule has 2 saturated carbocycles. The molecule has 4 atom stereocenters. The fourth-order valence-corrected chi connectivity index (χ4v) is 5.39. The fourth-order valence-electron chi connectivity index (χ4n) is 5.39. The van der Waals surface area contributed by atoms with Crippen molar-refractivity contribution in [3.8, 4) is 17.0 Å². The monoisotopic (exact) mass is 555 g/mol. The molecule has 0 spiro atoms. The molecule has 2 aliphatic rings. The van der Waals surface area contributed by atoms with Gasteiger partial charge in [0.2, 0.25) is 5.91 Å². The van der Waals surface area contributed by atoms with E-state index >= 15 is 0 Å². The van der Waals surface area contributed by atoms with Crippen LogP contribution in [0.25, 0.3) is 22.3 Å². The summed E-state index contributed by atoms with van der Waals surface area (Å²) < 4.78 is 33.2. The quantitative estimate of drug-likeness (QED) is 0.309. The number of halogens is 2. The van der Waals surface area contributed by atoms with E-state index in [1.807, 2.05) is 6.92 Å². The van der Waals surface area contributed by atoms with Crippen molar-refractivity contribution < 1.29 is 28.2 Å². The minimum Gasteiger partial charge on any atom is -0.493 e. The number of nitrogens with zero attached hydrogens (tertiary/aromatic N) is 2. The Labute approximate surface area is 231 Å². The lowest BCUT2D eigenvalue weighted by Gasteiger charge is -2.35.